The van der Waals surface area contributed by atoms with Gasteiger partial charge in [0.15, 0.2) is 5.96 Å². The monoisotopic (exact) mass is 361 g/mol. The second-order valence-electron chi connectivity index (χ2n) is 5.31. The number of nitrogens with zero attached hydrogens (tertiary/aromatic N) is 1. The number of halogens is 3. The normalized spacial score (nSPS) is 12.1. The van der Waals surface area contributed by atoms with Crippen LogP contribution in [0.2, 0.25) is 0 Å². The molecule has 8 heteroatoms. The van der Waals surface area contributed by atoms with E-state index < -0.39 is 12.6 Å². The van der Waals surface area contributed by atoms with Crippen LogP contribution in [0, 0.1) is 0 Å². The van der Waals surface area contributed by atoms with Gasteiger partial charge in [-0.25, -0.2) is 0 Å². The number of guanidine groups is 1. The summed E-state index contributed by atoms with van der Waals surface area (Å²) in [5, 5.41) is 5.59. The first kappa shape index (κ1) is 21.1. The molecule has 0 aliphatic carbocycles. The summed E-state index contributed by atoms with van der Waals surface area (Å²) in [6.07, 6.45) is -4.37. The molecule has 0 fully saturated rings. The Kier molecular flexibility index (Phi) is 9.76. The molecule has 0 aliphatic heterocycles. The Morgan fingerprint density at radius 3 is 2.48 bits per heavy atom. The van der Waals surface area contributed by atoms with Crippen LogP contribution in [0.1, 0.15) is 25.3 Å². The van der Waals surface area contributed by atoms with E-state index in [1.165, 1.54) is 0 Å². The maximum absolute atomic E-state index is 12.1. The highest BCUT2D eigenvalue weighted by Crippen LogP contribution is 2.18. The number of methoxy groups -OCH3 is 1. The molecule has 5 nitrogen and oxygen atoms in total. The Bertz CT molecular complexity index is 505. The quantitative estimate of drug-likeness (QED) is 0.382. The van der Waals surface area contributed by atoms with Gasteiger partial charge in [-0.2, -0.15) is 13.2 Å². The van der Waals surface area contributed by atoms with Crippen LogP contribution in [0.5, 0.6) is 5.75 Å². The zero-order chi connectivity index (χ0) is 18.5. The second-order valence-corrected chi connectivity index (χ2v) is 5.31. The number of aliphatic imine (C=N–C) groups is 1. The molecule has 0 atom stereocenters. The standard InChI is InChI=1S/C17H26F3N3O2/c1-3-21-16(23-11-9-17(18,19)20)22-10-4-12-25-13-14-5-7-15(24-2)8-6-14/h5-8H,3-4,9-13H2,1-2H3,(H2,21,22,23). The smallest absolute Gasteiger partial charge is 0.390 e. The first-order chi connectivity index (χ1) is 11.9. The SMILES string of the molecule is CCNC(=NCCCOCc1ccc(OC)cc1)NCCC(F)(F)F. The average Bonchev–Trinajstić information content (AvgIpc) is 2.57. The summed E-state index contributed by atoms with van der Waals surface area (Å²) in [6.45, 7) is 3.76. The number of hydrogen-bond donors (Lipinski definition) is 2. The predicted molar refractivity (Wildman–Crippen MR) is 91.9 cm³/mol. The largest absolute Gasteiger partial charge is 0.497 e. The average molecular weight is 361 g/mol. The van der Waals surface area contributed by atoms with Gasteiger partial charge in [-0.1, -0.05) is 12.1 Å². The van der Waals surface area contributed by atoms with Crippen LogP contribution in [0.15, 0.2) is 29.3 Å². The fraction of sp³-hybridized carbons (Fsp3) is 0.588. The first-order valence-electron chi connectivity index (χ1n) is 8.24. The lowest BCUT2D eigenvalue weighted by Crippen LogP contribution is -2.39. The number of hydrogen-bond acceptors (Lipinski definition) is 3. The minimum absolute atomic E-state index is 0.191. The molecule has 142 valence electrons. The molecule has 1 aromatic rings. The van der Waals surface area contributed by atoms with Gasteiger partial charge < -0.3 is 20.1 Å². The Hall–Kier alpha value is -1.96. The second kappa shape index (κ2) is 11.6. The Labute approximate surface area is 146 Å². The van der Waals surface area contributed by atoms with Gasteiger partial charge in [0.1, 0.15) is 5.75 Å². The van der Waals surface area contributed by atoms with Crippen molar-refractivity contribution < 1.29 is 22.6 Å². The Balaban J connectivity index is 2.21. The molecule has 0 saturated heterocycles. The molecule has 2 N–H and O–H groups in total. The maximum atomic E-state index is 12.1. The fourth-order valence-electron chi connectivity index (χ4n) is 1.93. The molecule has 0 aliphatic rings. The molecule has 1 aromatic carbocycles. The highest BCUT2D eigenvalue weighted by Gasteiger charge is 2.26. The molecule has 0 aromatic heterocycles. The lowest BCUT2D eigenvalue weighted by Gasteiger charge is -2.12. The summed E-state index contributed by atoms with van der Waals surface area (Å²) in [7, 11) is 1.62. The third kappa shape index (κ3) is 10.5. The number of ether oxygens (including phenoxy) is 2. The summed E-state index contributed by atoms with van der Waals surface area (Å²) in [6, 6.07) is 7.62. The topological polar surface area (TPSA) is 54.9 Å². The minimum Gasteiger partial charge on any atom is -0.497 e. The molecule has 0 saturated carbocycles. The number of rotatable bonds is 10. The van der Waals surface area contributed by atoms with Crippen molar-refractivity contribution in [2.45, 2.75) is 32.5 Å². The van der Waals surface area contributed by atoms with Gasteiger partial charge in [-0.15, -0.1) is 0 Å². The lowest BCUT2D eigenvalue weighted by molar-refractivity contribution is -0.132. The van der Waals surface area contributed by atoms with Gasteiger partial charge in [-0.05, 0) is 31.0 Å². The van der Waals surface area contributed by atoms with Crippen LogP contribution in [0.4, 0.5) is 13.2 Å². The van der Waals surface area contributed by atoms with Crippen LogP contribution >= 0.6 is 0 Å². The van der Waals surface area contributed by atoms with Crippen molar-refractivity contribution in [1.29, 1.82) is 0 Å². The van der Waals surface area contributed by atoms with E-state index in [-0.39, 0.29) is 6.54 Å². The zero-order valence-electron chi connectivity index (χ0n) is 14.7. The van der Waals surface area contributed by atoms with Gasteiger partial charge >= 0.3 is 6.18 Å². The summed E-state index contributed by atoms with van der Waals surface area (Å²) in [5.74, 6) is 1.19. The van der Waals surface area contributed by atoms with Crippen LogP contribution in [0.25, 0.3) is 0 Å². The van der Waals surface area contributed by atoms with Crippen LogP contribution in [-0.2, 0) is 11.3 Å². The van der Waals surface area contributed by atoms with Crippen molar-refractivity contribution in [3.8, 4) is 5.75 Å². The van der Waals surface area contributed by atoms with E-state index in [1.54, 1.807) is 7.11 Å². The summed E-state index contributed by atoms with van der Waals surface area (Å²) >= 11 is 0. The van der Waals surface area contributed by atoms with E-state index in [0.717, 1.165) is 11.3 Å². The lowest BCUT2D eigenvalue weighted by atomic mass is 10.2. The number of alkyl halides is 3. The first-order valence-corrected chi connectivity index (χ1v) is 8.24. The predicted octanol–water partition coefficient (Wildman–Crippen LogP) is 3.11. The van der Waals surface area contributed by atoms with Crippen LogP contribution < -0.4 is 15.4 Å². The van der Waals surface area contributed by atoms with Gasteiger partial charge in [0, 0.05) is 26.2 Å². The third-order valence-corrected chi connectivity index (χ3v) is 3.19. The maximum Gasteiger partial charge on any atom is 0.390 e. The van der Waals surface area contributed by atoms with Gasteiger partial charge in [0.2, 0.25) is 0 Å². The Morgan fingerprint density at radius 1 is 1.16 bits per heavy atom. The molecule has 25 heavy (non-hydrogen) atoms. The van der Waals surface area contributed by atoms with Crippen molar-refractivity contribution in [3.05, 3.63) is 29.8 Å². The summed E-state index contributed by atoms with van der Waals surface area (Å²) in [5.41, 5.74) is 1.05. The van der Waals surface area contributed by atoms with Crippen molar-refractivity contribution in [2.24, 2.45) is 4.99 Å². The molecule has 0 spiro atoms. The van der Waals surface area contributed by atoms with E-state index >= 15 is 0 Å². The molecule has 0 heterocycles. The number of nitrogens with one attached hydrogen (secondary N) is 2. The fourth-order valence-corrected chi connectivity index (χ4v) is 1.93. The highest BCUT2D eigenvalue weighted by molar-refractivity contribution is 5.79. The summed E-state index contributed by atoms with van der Waals surface area (Å²) < 4.78 is 47.1. The van der Waals surface area contributed by atoms with Gasteiger partial charge in [0.05, 0.1) is 20.1 Å². The molecular weight excluding hydrogens is 335 g/mol. The van der Waals surface area contributed by atoms with Crippen molar-refractivity contribution >= 4 is 5.96 Å². The van der Waals surface area contributed by atoms with Gasteiger partial charge in [-0.3, -0.25) is 4.99 Å². The molecule has 0 amide bonds. The zero-order valence-corrected chi connectivity index (χ0v) is 14.7. The van der Waals surface area contributed by atoms with Crippen LogP contribution in [0.3, 0.4) is 0 Å². The number of benzene rings is 1. The van der Waals surface area contributed by atoms with E-state index in [4.69, 9.17) is 9.47 Å². The minimum atomic E-state index is -4.17. The van der Waals surface area contributed by atoms with Crippen molar-refractivity contribution in [2.75, 3.05) is 33.4 Å². The molecule has 0 unspecified atom stereocenters. The Morgan fingerprint density at radius 2 is 1.88 bits per heavy atom. The van der Waals surface area contributed by atoms with Crippen molar-refractivity contribution in [3.63, 3.8) is 0 Å². The van der Waals surface area contributed by atoms with E-state index in [2.05, 4.69) is 15.6 Å². The highest BCUT2D eigenvalue weighted by atomic mass is 19.4. The van der Waals surface area contributed by atoms with E-state index in [9.17, 15) is 13.2 Å². The molecule has 0 bridgehead atoms. The van der Waals surface area contributed by atoms with E-state index in [0.29, 0.717) is 38.7 Å². The van der Waals surface area contributed by atoms with Gasteiger partial charge in [0.25, 0.3) is 0 Å². The molecule has 0 radical (unpaired) electrons. The van der Waals surface area contributed by atoms with Crippen molar-refractivity contribution in [1.82, 2.24) is 10.6 Å². The molecule has 1 rings (SSSR count). The third-order valence-electron chi connectivity index (χ3n) is 3.19. The summed E-state index contributed by atoms with van der Waals surface area (Å²) in [4.78, 5) is 4.23. The van der Waals surface area contributed by atoms with Crippen LogP contribution in [-0.4, -0.2) is 45.5 Å². The molecular formula is C17H26F3N3O2. The van der Waals surface area contributed by atoms with E-state index in [1.807, 2.05) is 31.2 Å².